The van der Waals surface area contributed by atoms with E-state index in [-0.39, 0.29) is 11.7 Å². The van der Waals surface area contributed by atoms with Gasteiger partial charge in [0.25, 0.3) is 5.91 Å². The van der Waals surface area contributed by atoms with Crippen molar-refractivity contribution in [3.8, 4) is 5.69 Å². The molecule has 27 heavy (non-hydrogen) atoms. The van der Waals surface area contributed by atoms with E-state index in [0.717, 1.165) is 13.0 Å². The number of amides is 1. The molecule has 0 aliphatic carbocycles. The van der Waals surface area contributed by atoms with Crippen LogP contribution < -0.4 is 10.2 Å². The number of hydrogen-bond acceptors (Lipinski definition) is 3. The van der Waals surface area contributed by atoms with E-state index in [1.165, 1.54) is 28.1 Å². The minimum absolute atomic E-state index is 0.231. The number of para-hydroxylation sites is 1. The van der Waals surface area contributed by atoms with Crippen molar-refractivity contribution in [2.75, 3.05) is 18.0 Å². The predicted octanol–water partition coefficient (Wildman–Crippen LogP) is 3.19. The number of carbonyl (C=O) groups excluding carboxylic acids is 1. The van der Waals surface area contributed by atoms with Gasteiger partial charge in [-0.2, -0.15) is 5.10 Å². The molecule has 0 saturated carbocycles. The van der Waals surface area contributed by atoms with Crippen LogP contribution in [-0.2, 0) is 6.42 Å². The van der Waals surface area contributed by atoms with Gasteiger partial charge in [0.05, 0.1) is 5.69 Å². The maximum atomic E-state index is 13.3. The maximum absolute atomic E-state index is 13.3. The van der Waals surface area contributed by atoms with E-state index in [4.69, 9.17) is 0 Å². The van der Waals surface area contributed by atoms with Crippen molar-refractivity contribution >= 4 is 11.6 Å². The van der Waals surface area contributed by atoms with Gasteiger partial charge in [-0.25, -0.2) is 9.07 Å². The average Bonchev–Trinajstić information content (AvgIpc) is 3.27. The van der Waals surface area contributed by atoms with Crippen LogP contribution in [-0.4, -0.2) is 34.8 Å². The third-order valence-corrected chi connectivity index (χ3v) is 4.88. The quantitative estimate of drug-likeness (QED) is 0.756. The van der Waals surface area contributed by atoms with Gasteiger partial charge < -0.3 is 10.2 Å². The second-order valence-electron chi connectivity index (χ2n) is 6.76. The van der Waals surface area contributed by atoms with Crippen LogP contribution in [0.4, 0.5) is 10.1 Å². The van der Waals surface area contributed by atoms with Crippen molar-refractivity contribution in [2.24, 2.45) is 0 Å². The SMILES string of the molecule is CC1Cc2ccccc2N1CCNC(=O)c1ccn(-c2cccc(F)c2)n1. The molecule has 138 valence electrons. The average molecular weight is 364 g/mol. The van der Waals surface area contributed by atoms with Gasteiger partial charge in [0.15, 0.2) is 5.69 Å². The maximum Gasteiger partial charge on any atom is 0.271 e. The van der Waals surface area contributed by atoms with Crippen LogP contribution in [0.15, 0.2) is 60.8 Å². The first-order valence-electron chi connectivity index (χ1n) is 9.06. The summed E-state index contributed by atoms with van der Waals surface area (Å²) in [6.45, 7) is 3.47. The van der Waals surface area contributed by atoms with Gasteiger partial charge in [-0.05, 0) is 49.2 Å². The Labute approximate surface area is 157 Å². The van der Waals surface area contributed by atoms with Crippen LogP contribution in [0.5, 0.6) is 0 Å². The van der Waals surface area contributed by atoms with Gasteiger partial charge in [0.1, 0.15) is 5.82 Å². The number of halogens is 1. The first-order valence-corrected chi connectivity index (χ1v) is 9.06. The zero-order valence-corrected chi connectivity index (χ0v) is 15.1. The largest absolute Gasteiger partial charge is 0.367 e. The molecule has 2 heterocycles. The van der Waals surface area contributed by atoms with Crippen LogP contribution in [0.1, 0.15) is 23.0 Å². The number of anilines is 1. The number of nitrogens with zero attached hydrogens (tertiary/aromatic N) is 3. The Balaban J connectivity index is 1.37. The molecule has 1 aromatic heterocycles. The lowest BCUT2D eigenvalue weighted by molar-refractivity contribution is 0.0949. The molecule has 6 heteroatoms. The molecule has 0 saturated heterocycles. The van der Waals surface area contributed by atoms with E-state index in [2.05, 4.69) is 40.4 Å². The smallest absolute Gasteiger partial charge is 0.271 e. The summed E-state index contributed by atoms with van der Waals surface area (Å²) < 4.78 is 14.8. The molecule has 1 aliphatic rings. The zero-order chi connectivity index (χ0) is 18.8. The summed E-state index contributed by atoms with van der Waals surface area (Å²) in [5.41, 5.74) is 3.49. The summed E-state index contributed by atoms with van der Waals surface area (Å²) in [4.78, 5) is 14.7. The van der Waals surface area contributed by atoms with E-state index < -0.39 is 0 Å². The molecule has 1 unspecified atom stereocenters. The van der Waals surface area contributed by atoms with Gasteiger partial charge in [-0.15, -0.1) is 0 Å². The topological polar surface area (TPSA) is 50.2 Å². The molecule has 0 spiro atoms. The first kappa shape index (κ1) is 17.3. The van der Waals surface area contributed by atoms with Crippen molar-refractivity contribution in [3.05, 3.63) is 77.9 Å². The van der Waals surface area contributed by atoms with Crippen LogP contribution in [0.3, 0.4) is 0 Å². The van der Waals surface area contributed by atoms with E-state index in [9.17, 15) is 9.18 Å². The Morgan fingerprint density at radius 2 is 2.07 bits per heavy atom. The molecule has 0 bridgehead atoms. The Morgan fingerprint density at radius 1 is 1.22 bits per heavy atom. The molecule has 5 nitrogen and oxygen atoms in total. The Bertz CT molecular complexity index is 968. The normalized spacial score (nSPS) is 15.6. The summed E-state index contributed by atoms with van der Waals surface area (Å²) in [7, 11) is 0. The summed E-state index contributed by atoms with van der Waals surface area (Å²) in [5, 5.41) is 7.17. The van der Waals surface area contributed by atoms with Crippen molar-refractivity contribution in [2.45, 2.75) is 19.4 Å². The fraction of sp³-hybridized carbons (Fsp3) is 0.238. The molecule has 2 aromatic carbocycles. The lowest BCUT2D eigenvalue weighted by atomic mass is 10.1. The van der Waals surface area contributed by atoms with E-state index in [1.54, 1.807) is 24.4 Å². The van der Waals surface area contributed by atoms with Crippen molar-refractivity contribution in [1.29, 1.82) is 0 Å². The third kappa shape index (κ3) is 3.56. The summed E-state index contributed by atoms with van der Waals surface area (Å²) >= 11 is 0. The highest BCUT2D eigenvalue weighted by atomic mass is 19.1. The molecule has 1 atom stereocenters. The molecule has 0 radical (unpaired) electrons. The fourth-order valence-electron chi connectivity index (χ4n) is 3.56. The Kier molecular flexibility index (Phi) is 4.62. The predicted molar refractivity (Wildman–Crippen MR) is 103 cm³/mol. The zero-order valence-electron chi connectivity index (χ0n) is 15.1. The van der Waals surface area contributed by atoms with Gasteiger partial charge in [0, 0.05) is 31.0 Å². The van der Waals surface area contributed by atoms with E-state index in [0.29, 0.717) is 24.0 Å². The minimum atomic E-state index is -0.339. The van der Waals surface area contributed by atoms with Crippen LogP contribution in [0.25, 0.3) is 5.69 Å². The highest BCUT2D eigenvalue weighted by Crippen LogP contribution is 2.31. The molecule has 4 rings (SSSR count). The second-order valence-corrected chi connectivity index (χ2v) is 6.76. The van der Waals surface area contributed by atoms with Gasteiger partial charge in [-0.3, -0.25) is 4.79 Å². The lowest BCUT2D eigenvalue weighted by Crippen LogP contribution is -2.38. The number of nitrogens with one attached hydrogen (secondary N) is 1. The molecular weight excluding hydrogens is 343 g/mol. The molecular formula is C21H21FN4O. The first-order chi connectivity index (χ1) is 13.1. The van der Waals surface area contributed by atoms with Crippen LogP contribution in [0, 0.1) is 5.82 Å². The van der Waals surface area contributed by atoms with Crippen molar-refractivity contribution in [3.63, 3.8) is 0 Å². The Morgan fingerprint density at radius 3 is 2.93 bits per heavy atom. The summed E-state index contributed by atoms with van der Waals surface area (Å²) in [6, 6.07) is 16.5. The lowest BCUT2D eigenvalue weighted by Gasteiger charge is -2.24. The second kappa shape index (κ2) is 7.23. The number of carbonyl (C=O) groups is 1. The van der Waals surface area contributed by atoms with Crippen LogP contribution in [0.2, 0.25) is 0 Å². The molecule has 1 N–H and O–H groups in total. The standard InChI is InChI=1S/C21H21FN4O/c1-15-13-16-5-2-3-8-20(16)25(15)12-10-23-21(27)19-9-11-26(24-19)18-7-4-6-17(22)14-18/h2-9,11,14-15H,10,12-13H2,1H3,(H,23,27). The number of aromatic nitrogens is 2. The molecule has 1 aliphatic heterocycles. The van der Waals surface area contributed by atoms with Crippen molar-refractivity contribution in [1.82, 2.24) is 15.1 Å². The summed E-state index contributed by atoms with van der Waals surface area (Å²) in [6.07, 6.45) is 2.69. The number of rotatable bonds is 5. The summed E-state index contributed by atoms with van der Waals surface area (Å²) in [5.74, 6) is -0.570. The third-order valence-electron chi connectivity index (χ3n) is 4.88. The van der Waals surface area contributed by atoms with Crippen LogP contribution >= 0.6 is 0 Å². The molecule has 3 aromatic rings. The van der Waals surface area contributed by atoms with E-state index >= 15 is 0 Å². The molecule has 0 fully saturated rings. The highest BCUT2D eigenvalue weighted by molar-refractivity contribution is 5.92. The van der Waals surface area contributed by atoms with Gasteiger partial charge >= 0.3 is 0 Å². The fourth-order valence-corrected chi connectivity index (χ4v) is 3.56. The number of benzene rings is 2. The van der Waals surface area contributed by atoms with Gasteiger partial charge in [0.2, 0.25) is 0 Å². The molecule has 1 amide bonds. The highest BCUT2D eigenvalue weighted by Gasteiger charge is 2.25. The number of hydrogen-bond donors (Lipinski definition) is 1. The van der Waals surface area contributed by atoms with Crippen molar-refractivity contribution < 1.29 is 9.18 Å². The van der Waals surface area contributed by atoms with Gasteiger partial charge in [-0.1, -0.05) is 24.3 Å². The van der Waals surface area contributed by atoms with E-state index in [1.807, 2.05) is 6.07 Å². The Hall–Kier alpha value is -3.15. The minimum Gasteiger partial charge on any atom is -0.367 e. The number of fused-ring (bicyclic) bond motifs is 1. The monoisotopic (exact) mass is 364 g/mol.